The van der Waals surface area contributed by atoms with Gasteiger partial charge in [0.05, 0.1) is 5.56 Å². The molecule has 0 aliphatic carbocycles. The molecule has 1 aliphatic heterocycles. The lowest BCUT2D eigenvalue weighted by molar-refractivity contribution is 0.314. The molecule has 1 aliphatic rings. The quantitative estimate of drug-likeness (QED) is 0.826. The minimum Gasteiger partial charge on any atom is -0.372 e. The Labute approximate surface area is 156 Å². The van der Waals surface area contributed by atoms with Crippen molar-refractivity contribution in [2.75, 3.05) is 31.1 Å². The highest BCUT2D eigenvalue weighted by atomic mass is 15.3. The largest absolute Gasteiger partial charge is 0.372 e. The predicted octanol–water partition coefficient (Wildman–Crippen LogP) is 4.33. The molecular weight excluding hydrogens is 320 g/mol. The van der Waals surface area contributed by atoms with Crippen molar-refractivity contribution < 1.29 is 0 Å². The van der Waals surface area contributed by atoms with Crippen LogP contribution in [0, 0.1) is 11.3 Å². The van der Waals surface area contributed by atoms with Gasteiger partial charge in [-0.15, -0.1) is 0 Å². The molecule has 0 N–H and O–H groups in total. The molecule has 134 valence electrons. The number of allylic oxidation sites excluding steroid dienone is 1. The van der Waals surface area contributed by atoms with Crippen LogP contribution in [0.1, 0.15) is 24.5 Å². The second kappa shape index (κ2) is 10.0. The van der Waals surface area contributed by atoms with Gasteiger partial charge in [-0.2, -0.15) is 5.26 Å². The first-order valence-corrected chi connectivity index (χ1v) is 8.89. The summed E-state index contributed by atoms with van der Waals surface area (Å²) in [5.74, 6) is 0.807. The van der Waals surface area contributed by atoms with Crippen LogP contribution in [-0.4, -0.2) is 36.1 Å². The number of piperazine rings is 1. The Balaban J connectivity index is 0.000000254. The zero-order chi connectivity index (χ0) is 18.8. The molecule has 3 rings (SSSR count). The van der Waals surface area contributed by atoms with Crippen molar-refractivity contribution in [3.63, 3.8) is 0 Å². The maximum Gasteiger partial charge on any atom is 0.146 e. The summed E-state index contributed by atoms with van der Waals surface area (Å²) in [6, 6.07) is 15.9. The summed E-state index contributed by atoms with van der Waals surface area (Å²) in [5.41, 5.74) is 3.02. The number of rotatable bonds is 4. The number of nitrogens with zero attached hydrogens (tertiary/aromatic N) is 4. The van der Waals surface area contributed by atoms with Crippen molar-refractivity contribution >= 4 is 11.9 Å². The standard InChI is InChI=1S/C14H18N4.C8H8/c1-3-12(2)17-7-9-18(10-8-17)14-13(11-15)5-4-6-16-14;1-2-8-6-4-3-5-7-8/h4-6H,2-3,7-10H2,1H3;2-7H,1H2. The lowest BCUT2D eigenvalue weighted by atomic mass is 10.2. The lowest BCUT2D eigenvalue weighted by Crippen LogP contribution is -2.46. The molecule has 4 nitrogen and oxygen atoms in total. The molecule has 1 aromatic heterocycles. The van der Waals surface area contributed by atoms with E-state index in [2.05, 4.69) is 40.9 Å². The van der Waals surface area contributed by atoms with Gasteiger partial charge in [-0.3, -0.25) is 0 Å². The normalized spacial score (nSPS) is 13.2. The number of pyridine rings is 1. The molecule has 0 saturated carbocycles. The first-order valence-electron chi connectivity index (χ1n) is 8.89. The Morgan fingerprint density at radius 3 is 2.38 bits per heavy atom. The van der Waals surface area contributed by atoms with Crippen LogP contribution in [0.4, 0.5) is 5.82 Å². The Morgan fingerprint density at radius 1 is 1.15 bits per heavy atom. The van der Waals surface area contributed by atoms with Crippen LogP contribution in [0.15, 0.2) is 67.5 Å². The van der Waals surface area contributed by atoms with Gasteiger partial charge in [0.1, 0.15) is 11.9 Å². The van der Waals surface area contributed by atoms with E-state index in [1.807, 2.05) is 42.5 Å². The number of anilines is 1. The van der Waals surface area contributed by atoms with Gasteiger partial charge in [0, 0.05) is 38.1 Å². The fraction of sp³-hybridized carbons (Fsp3) is 0.273. The number of nitriles is 1. The average molecular weight is 346 g/mol. The summed E-state index contributed by atoms with van der Waals surface area (Å²) >= 11 is 0. The number of aromatic nitrogens is 1. The van der Waals surface area contributed by atoms with Crippen molar-refractivity contribution in [3.05, 3.63) is 78.6 Å². The predicted molar refractivity (Wildman–Crippen MR) is 109 cm³/mol. The summed E-state index contributed by atoms with van der Waals surface area (Å²) in [6.07, 6.45) is 4.57. The van der Waals surface area contributed by atoms with E-state index in [0.717, 1.165) is 38.4 Å². The van der Waals surface area contributed by atoms with Crippen LogP contribution < -0.4 is 4.90 Å². The fourth-order valence-corrected chi connectivity index (χ4v) is 2.78. The fourth-order valence-electron chi connectivity index (χ4n) is 2.78. The molecule has 4 heteroatoms. The van der Waals surface area contributed by atoms with E-state index in [-0.39, 0.29) is 0 Å². The Morgan fingerprint density at radius 2 is 1.85 bits per heavy atom. The van der Waals surface area contributed by atoms with E-state index in [4.69, 9.17) is 5.26 Å². The van der Waals surface area contributed by atoms with E-state index in [0.29, 0.717) is 5.56 Å². The molecule has 0 amide bonds. The molecule has 1 fully saturated rings. The summed E-state index contributed by atoms with van der Waals surface area (Å²) in [4.78, 5) is 8.82. The van der Waals surface area contributed by atoms with Gasteiger partial charge in [0.25, 0.3) is 0 Å². The van der Waals surface area contributed by atoms with Crippen LogP contribution in [0.5, 0.6) is 0 Å². The third-order valence-corrected chi connectivity index (χ3v) is 4.38. The van der Waals surface area contributed by atoms with E-state index in [9.17, 15) is 0 Å². The van der Waals surface area contributed by atoms with Crippen LogP contribution >= 0.6 is 0 Å². The monoisotopic (exact) mass is 346 g/mol. The molecule has 2 heterocycles. The Bertz CT molecular complexity index is 753. The Hall–Kier alpha value is -3.06. The van der Waals surface area contributed by atoms with Gasteiger partial charge in [-0.25, -0.2) is 4.98 Å². The van der Waals surface area contributed by atoms with Crippen LogP contribution in [0.3, 0.4) is 0 Å². The summed E-state index contributed by atoms with van der Waals surface area (Å²) in [6.45, 7) is 13.5. The first kappa shape index (κ1) is 19.3. The second-order valence-corrected chi connectivity index (χ2v) is 6.00. The van der Waals surface area contributed by atoms with Crippen molar-refractivity contribution in [3.8, 4) is 6.07 Å². The highest BCUT2D eigenvalue weighted by molar-refractivity contribution is 5.53. The Kier molecular flexibility index (Phi) is 7.45. The highest BCUT2D eigenvalue weighted by Crippen LogP contribution is 2.19. The molecule has 1 aromatic carbocycles. The van der Waals surface area contributed by atoms with Crippen molar-refractivity contribution in [2.24, 2.45) is 0 Å². The first-order chi connectivity index (χ1) is 12.7. The molecule has 0 atom stereocenters. The number of benzene rings is 1. The molecule has 0 unspecified atom stereocenters. The van der Waals surface area contributed by atoms with Crippen molar-refractivity contribution in [2.45, 2.75) is 13.3 Å². The third kappa shape index (κ3) is 5.22. The molecular formula is C22H26N4. The molecule has 2 aromatic rings. The van der Waals surface area contributed by atoms with Crippen LogP contribution in [0.25, 0.3) is 6.08 Å². The summed E-state index contributed by atoms with van der Waals surface area (Å²) in [5, 5.41) is 9.09. The highest BCUT2D eigenvalue weighted by Gasteiger charge is 2.20. The molecule has 0 spiro atoms. The van der Waals surface area contributed by atoms with E-state index in [1.165, 1.54) is 11.3 Å². The smallest absolute Gasteiger partial charge is 0.146 e. The molecule has 0 radical (unpaired) electrons. The van der Waals surface area contributed by atoms with Gasteiger partial charge < -0.3 is 9.80 Å². The third-order valence-electron chi connectivity index (χ3n) is 4.38. The van der Waals surface area contributed by atoms with Crippen molar-refractivity contribution in [1.29, 1.82) is 5.26 Å². The maximum absolute atomic E-state index is 9.09. The maximum atomic E-state index is 9.09. The molecule has 0 bridgehead atoms. The van der Waals surface area contributed by atoms with Gasteiger partial charge >= 0.3 is 0 Å². The molecule has 26 heavy (non-hydrogen) atoms. The van der Waals surface area contributed by atoms with Gasteiger partial charge in [-0.05, 0) is 24.1 Å². The van der Waals surface area contributed by atoms with Gasteiger partial charge in [-0.1, -0.05) is 56.5 Å². The number of hydrogen-bond donors (Lipinski definition) is 0. The topological polar surface area (TPSA) is 43.2 Å². The number of hydrogen-bond acceptors (Lipinski definition) is 4. The SMILES string of the molecule is C=C(CC)N1CCN(c2ncccc2C#N)CC1.C=Cc1ccccc1. The summed E-state index contributed by atoms with van der Waals surface area (Å²) in [7, 11) is 0. The zero-order valence-electron chi connectivity index (χ0n) is 15.4. The van der Waals surface area contributed by atoms with E-state index >= 15 is 0 Å². The summed E-state index contributed by atoms with van der Waals surface area (Å²) < 4.78 is 0. The van der Waals surface area contributed by atoms with Crippen LogP contribution in [0.2, 0.25) is 0 Å². The lowest BCUT2D eigenvalue weighted by Gasteiger charge is -2.37. The minimum absolute atomic E-state index is 0.653. The van der Waals surface area contributed by atoms with Crippen LogP contribution in [-0.2, 0) is 0 Å². The minimum atomic E-state index is 0.653. The second-order valence-electron chi connectivity index (χ2n) is 6.00. The van der Waals surface area contributed by atoms with E-state index in [1.54, 1.807) is 12.3 Å². The zero-order valence-corrected chi connectivity index (χ0v) is 15.4. The molecule has 1 saturated heterocycles. The average Bonchev–Trinajstić information content (AvgIpc) is 2.74. The van der Waals surface area contributed by atoms with Crippen molar-refractivity contribution in [1.82, 2.24) is 9.88 Å². The van der Waals surface area contributed by atoms with E-state index < -0.39 is 0 Å². The van der Waals surface area contributed by atoms with Gasteiger partial charge in [0.15, 0.2) is 0 Å². The van der Waals surface area contributed by atoms with Gasteiger partial charge in [0.2, 0.25) is 0 Å².